The van der Waals surface area contributed by atoms with Crippen LogP contribution in [0.4, 0.5) is 5.95 Å². The number of nitrogens with zero attached hydrogens (tertiary/aromatic N) is 4. The number of aromatic nitrogens is 4. The zero-order valence-electron chi connectivity index (χ0n) is 27.9. The molecule has 0 aromatic carbocycles. The Labute approximate surface area is 288 Å². The minimum Gasteiger partial charge on any atom is -0.463 e. The Bertz CT molecular complexity index is 1670. The number of hydrogen-bond donors (Lipinski definition) is 1. The highest BCUT2D eigenvalue weighted by molar-refractivity contribution is 8.00. The van der Waals surface area contributed by atoms with Crippen LogP contribution in [-0.2, 0) is 71.5 Å². The van der Waals surface area contributed by atoms with Gasteiger partial charge in [-0.25, -0.2) is 9.97 Å². The number of esters is 6. The lowest BCUT2D eigenvalue weighted by Crippen LogP contribution is -2.40. The van der Waals surface area contributed by atoms with Crippen LogP contribution in [0.2, 0.25) is 0 Å². The van der Waals surface area contributed by atoms with Crippen molar-refractivity contribution < 1.29 is 71.5 Å². The normalized spacial score (nSPS) is 25.7. The SMILES string of the molecule is CC(=O)Nc1nc(S[C@H]2O[C@H](COC(C)=O)[C@@H](OC(C)=O)[C@H]2OC(C)=O)c2ncn([C@@H]3O[C@H](COC(C)=O)[C@@H](OC(C)=O)[C@H]3OC(C)=O)c2n1. The van der Waals surface area contributed by atoms with Crippen LogP contribution < -0.4 is 5.32 Å². The molecule has 2 saturated heterocycles. The van der Waals surface area contributed by atoms with Crippen LogP contribution in [0.1, 0.15) is 54.7 Å². The number of carbonyl (C=O) groups excluding carboxylic acids is 7. The van der Waals surface area contributed by atoms with Crippen LogP contribution in [0, 0.1) is 0 Å². The maximum atomic E-state index is 12.2. The fraction of sp³-hybridized carbons (Fsp3) is 0.586. The predicted molar refractivity (Wildman–Crippen MR) is 164 cm³/mol. The lowest BCUT2D eigenvalue weighted by atomic mass is 10.1. The third-order valence-electron chi connectivity index (χ3n) is 6.84. The fourth-order valence-corrected chi connectivity index (χ4v) is 6.33. The molecule has 0 saturated carbocycles. The van der Waals surface area contributed by atoms with Crippen molar-refractivity contribution in [2.45, 2.75) is 102 Å². The lowest BCUT2D eigenvalue weighted by molar-refractivity contribution is -0.166. The molecule has 0 unspecified atom stereocenters. The summed E-state index contributed by atoms with van der Waals surface area (Å²) in [4.78, 5) is 96.9. The second-order valence-electron chi connectivity index (χ2n) is 11.0. The smallest absolute Gasteiger partial charge is 0.303 e. The van der Waals surface area contributed by atoms with Gasteiger partial charge in [0, 0.05) is 48.5 Å². The van der Waals surface area contributed by atoms with Crippen molar-refractivity contribution in [3.05, 3.63) is 6.33 Å². The molecule has 272 valence electrons. The van der Waals surface area contributed by atoms with Crippen molar-refractivity contribution in [2.24, 2.45) is 0 Å². The zero-order valence-corrected chi connectivity index (χ0v) is 28.7. The number of anilines is 1. The molecule has 0 aliphatic carbocycles. The molecule has 8 atom stereocenters. The van der Waals surface area contributed by atoms with Gasteiger partial charge in [0.2, 0.25) is 11.9 Å². The van der Waals surface area contributed by atoms with Crippen LogP contribution in [-0.4, -0.2) is 117 Å². The zero-order chi connectivity index (χ0) is 36.9. The van der Waals surface area contributed by atoms with E-state index in [0.29, 0.717) is 0 Å². The van der Waals surface area contributed by atoms with Gasteiger partial charge in [-0.1, -0.05) is 11.8 Å². The molecule has 21 heteroatoms. The molecule has 0 bridgehead atoms. The van der Waals surface area contributed by atoms with Gasteiger partial charge in [0.15, 0.2) is 41.7 Å². The molecule has 1 amide bonds. The van der Waals surface area contributed by atoms with Gasteiger partial charge in [-0.15, -0.1) is 0 Å². The second kappa shape index (κ2) is 16.2. The van der Waals surface area contributed by atoms with Gasteiger partial charge in [0.05, 0.1) is 6.33 Å². The molecular formula is C29H35N5O15S. The first kappa shape index (κ1) is 37.9. The molecular weight excluding hydrogens is 690 g/mol. The van der Waals surface area contributed by atoms with E-state index < -0.39 is 90.0 Å². The number of rotatable bonds is 12. The van der Waals surface area contributed by atoms with Crippen LogP contribution in [0.25, 0.3) is 11.2 Å². The van der Waals surface area contributed by atoms with E-state index in [9.17, 15) is 33.6 Å². The molecule has 4 heterocycles. The highest BCUT2D eigenvalue weighted by Crippen LogP contribution is 2.41. The maximum Gasteiger partial charge on any atom is 0.303 e. The molecule has 2 fully saturated rings. The van der Waals surface area contributed by atoms with E-state index in [1.807, 2.05) is 0 Å². The van der Waals surface area contributed by atoms with Crippen LogP contribution in [0.3, 0.4) is 0 Å². The van der Waals surface area contributed by atoms with Gasteiger partial charge in [-0.3, -0.25) is 43.4 Å². The highest BCUT2D eigenvalue weighted by Gasteiger charge is 2.52. The third-order valence-corrected chi connectivity index (χ3v) is 7.96. The number of thioether (sulfide) groups is 1. The summed E-state index contributed by atoms with van der Waals surface area (Å²) < 4.78 is 45.6. The van der Waals surface area contributed by atoms with Gasteiger partial charge >= 0.3 is 35.8 Å². The van der Waals surface area contributed by atoms with E-state index in [4.69, 9.17) is 37.9 Å². The highest BCUT2D eigenvalue weighted by atomic mass is 32.2. The van der Waals surface area contributed by atoms with Gasteiger partial charge in [0.1, 0.15) is 36.0 Å². The molecule has 0 spiro atoms. The Morgan fingerprint density at radius 1 is 0.700 bits per heavy atom. The first-order valence-electron chi connectivity index (χ1n) is 15.0. The van der Waals surface area contributed by atoms with Crippen molar-refractivity contribution in [2.75, 3.05) is 18.5 Å². The van der Waals surface area contributed by atoms with Crippen molar-refractivity contribution in [1.29, 1.82) is 0 Å². The summed E-state index contributed by atoms with van der Waals surface area (Å²) in [6.45, 7) is 7.42. The minimum absolute atomic E-state index is 0.0261. The second-order valence-corrected chi connectivity index (χ2v) is 12.1. The number of ether oxygens (including phenoxy) is 8. The summed E-state index contributed by atoms with van der Waals surface area (Å²) in [5.74, 6) is -4.95. The third kappa shape index (κ3) is 9.41. The van der Waals surface area contributed by atoms with Crippen molar-refractivity contribution >= 4 is 70.6 Å². The average Bonchev–Trinajstić information content (AvgIpc) is 3.64. The molecule has 1 N–H and O–H groups in total. The van der Waals surface area contributed by atoms with Crippen LogP contribution >= 0.6 is 11.8 Å². The summed E-state index contributed by atoms with van der Waals surface area (Å²) >= 11 is 0.867. The molecule has 20 nitrogen and oxygen atoms in total. The molecule has 2 aromatic heterocycles. The first-order chi connectivity index (χ1) is 23.5. The van der Waals surface area contributed by atoms with E-state index in [1.54, 1.807) is 0 Å². The Morgan fingerprint density at radius 2 is 1.20 bits per heavy atom. The summed E-state index contributed by atoms with van der Waals surface area (Å²) in [6, 6.07) is 0. The Balaban J connectivity index is 1.80. The largest absolute Gasteiger partial charge is 0.463 e. The first-order valence-corrected chi connectivity index (χ1v) is 15.9. The van der Waals surface area contributed by atoms with Gasteiger partial charge < -0.3 is 37.9 Å². The topological polar surface area (TPSA) is 249 Å². The number of carbonyl (C=O) groups is 7. The summed E-state index contributed by atoms with van der Waals surface area (Å²) in [5.41, 5.74) is -1.01. The van der Waals surface area contributed by atoms with Crippen LogP contribution in [0.15, 0.2) is 11.4 Å². The summed E-state index contributed by atoms with van der Waals surface area (Å²) in [7, 11) is 0. The van der Waals surface area contributed by atoms with Gasteiger partial charge in [-0.05, 0) is 0 Å². The molecule has 2 aliphatic rings. The molecule has 4 rings (SSSR count). The van der Waals surface area contributed by atoms with Gasteiger partial charge in [0.25, 0.3) is 0 Å². The Morgan fingerprint density at radius 3 is 1.72 bits per heavy atom. The lowest BCUT2D eigenvalue weighted by Gasteiger charge is -2.24. The van der Waals surface area contributed by atoms with E-state index in [1.165, 1.54) is 31.7 Å². The van der Waals surface area contributed by atoms with E-state index in [2.05, 4.69) is 20.3 Å². The van der Waals surface area contributed by atoms with Crippen molar-refractivity contribution in [3.63, 3.8) is 0 Å². The number of nitrogens with one attached hydrogen (secondary N) is 1. The number of fused-ring (bicyclic) bond motifs is 1. The minimum atomic E-state index is -1.29. The standard InChI is InChI=1S/C29H35N5O15S/c1-11(35)31-29-32-25-20(26(33-29)50-28-24(47-17(7)41)22(45-15(5)39)19(49-28)9-43-13(3)37)30-10-34(25)27-23(46-16(6)40)21(44-14(4)38)18(48-27)8-42-12(2)36/h10,18-19,21-24,27-28H,8-9H2,1-7H3,(H,31,32,33,35)/t18-,19-,21-,22-,23-,24-,27-,28-/m1/s1. The molecule has 2 aliphatic heterocycles. The molecule has 2 aromatic rings. The quantitative estimate of drug-likeness (QED) is 0.176. The molecule has 50 heavy (non-hydrogen) atoms. The van der Waals surface area contributed by atoms with Crippen molar-refractivity contribution in [1.82, 2.24) is 19.5 Å². The maximum absolute atomic E-state index is 12.2. The summed E-state index contributed by atoms with van der Waals surface area (Å²) in [5, 5.41) is 2.56. The Kier molecular flexibility index (Phi) is 12.3. The summed E-state index contributed by atoms with van der Waals surface area (Å²) in [6.07, 6.45) is -7.08. The predicted octanol–water partition coefficient (Wildman–Crippen LogP) is 0.352. The fourth-order valence-electron chi connectivity index (χ4n) is 5.17. The average molecular weight is 726 g/mol. The number of imidazole rings is 1. The number of amides is 1. The van der Waals surface area contributed by atoms with Crippen molar-refractivity contribution in [3.8, 4) is 0 Å². The molecule has 0 radical (unpaired) electrons. The van der Waals surface area contributed by atoms with Crippen LogP contribution in [0.5, 0.6) is 0 Å². The van der Waals surface area contributed by atoms with E-state index >= 15 is 0 Å². The van der Waals surface area contributed by atoms with E-state index in [0.717, 1.165) is 39.5 Å². The number of hydrogen-bond acceptors (Lipinski definition) is 19. The Hall–Kier alpha value is -4.89. The monoisotopic (exact) mass is 725 g/mol. The van der Waals surface area contributed by atoms with Gasteiger partial charge in [-0.2, -0.15) is 4.98 Å². The van der Waals surface area contributed by atoms with E-state index in [-0.39, 0.29) is 35.4 Å².